The first-order valence-corrected chi connectivity index (χ1v) is 10.4. The van der Waals surface area contributed by atoms with Gasteiger partial charge in [-0.15, -0.1) is 0 Å². The Balaban J connectivity index is 2.45. The van der Waals surface area contributed by atoms with Crippen LogP contribution >= 0.6 is 0 Å². The molecular weight excluding hydrogens is 362 g/mol. The van der Waals surface area contributed by atoms with Gasteiger partial charge in [0, 0.05) is 11.6 Å². The zero-order valence-corrected chi connectivity index (χ0v) is 15.3. The molecule has 3 aromatic rings. The third-order valence-electron chi connectivity index (χ3n) is 3.99. The largest absolute Gasteiger partial charge is 0.296 e. The number of nitrogens with zero attached hydrogens (tertiary/aromatic N) is 1. The summed E-state index contributed by atoms with van der Waals surface area (Å²) in [6.45, 7) is 3.73. The number of fused-ring (bicyclic) bond motifs is 1. The highest BCUT2D eigenvalue weighted by atomic mass is 32.2. The highest BCUT2D eigenvalue weighted by molar-refractivity contribution is 7.90. The average molecular weight is 379 g/mol. The molecule has 0 spiro atoms. The Bertz CT molecular complexity index is 1140. The minimum atomic E-state index is -4.59. The van der Waals surface area contributed by atoms with E-state index in [4.69, 9.17) is 0 Å². The molecule has 0 amide bonds. The highest BCUT2D eigenvalue weighted by Gasteiger charge is 2.27. The van der Waals surface area contributed by atoms with Crippen molar-refractivity contribution >= 4 is 31.0 Å². The molecule has 1 N–H and O–H groups in total. The standard InChI is InChI=1S/C17H17NO5S2/c1-12(2)14-9-6-10-15-17(14)16(25(21,22)23)11-18(15)24(19,20)13-7-4-3-5-8-13/h3-12H,1-2H3,(H,21,22,23). The summed E-state index contributed by atoms with van der Waals surface area (Å²) in [5.41, 5.74) is 0.856. The van der Waals surface area contributed by atoms with E-state index in [1.807, 2.05) is 13.8 Å². The second kappa shape index (κ2) is 5.98. The van der Waals surface area contributed by atoms with Crippen LogP contribution in [0.15, 0.2) is 64.5 Å². The molecule has 0 saturated heterocycles. The number of hydrogen-bond acceptors (Lipinski definition) is 4. The maximum atomic E-state index is 13.0. The second-order valence-corrected chi connectivity index (χ2v) is 9.18. The minimum absolute atomic E-state index is 0.0312. The van der Waals surface area contributed by atoms with E-state index in [-0.39, 0.29) is 21.7 Å². The predicted octanol–water partition coefficient (Wildman–Crippen LogP) is 3.25. The number of hydrogen-bond donors (Lipinski definition) is 1. The van der Waals surface area contributed by atoms with Crippen molar-refractivity contribution in [3.05, 3.63) is 60.3 Å². The van der Waals surface area contributed by atoms with Gasteiger partial charge in [-0.25, -0.2) is 12.4 Å². The summed E-state index contributed by atoms with van der Waals surface area (Å²) < 4.78 is 60.1. The third-order valence-corrected chi connectivity index (χ3v) is 6.55. The maximum absolute atomic E-state index is 13.0. The van der Waals surface area contributed by atoms with E-state index in [1.54, 1.807) is 30.3 Å². The van der Waals surface area contributed by atoms with Crippen LogP contribution in [0.2, 0.25) is 0 Å². The summed E-state index contributed by atoms with van der Waals surface area (Å²) in [4.78, 5) is -0.380. The van der Waals surface area contributed by atoms with E-state index >= 15 is 0 Å². The van der Waals surface area contributed by atoms with Gasteiger partial charge in [0.1, 0.15) is 4.90 Å². The van der Waals surface area contributed by atoms with Crippen LogP contribution in [0.4, 0.5) is 0 Å². The van der Waals surface area contributed by atoms with Crippen LogP contribution in [0, 0.1) is 0 Å². The van der Waals surface area contributed by atoms with Gasteiger partial charge in [-0.05, 0) is 29.7 Å². The fraction of sp³-hybridized carbons (Fsp3) is 0.176. The topological polar surface area (TPSA) is 93.4 Å². The molecule has 0 saturated carbocycles. The molecular formula is C17H17NO5S2. The van der Waals surface area contributed by atoms with Gasteiger partial charge in [0.15, 0.2) is 0 Å². The lowest BCUT2D eigenvalue weighted by atomic mass is 9.99. The zero-order chi connectivity index (χ0) is 18.4. The van der Waals surface area contributed by atoms with Crippen molar-refractivity contribution in [2.45, 2.75) is 29.6 Å². The Morgan fingerprint density at radius 1 is 0.920 bits per heavy atom. The van der Waals surface area contributed by atoms with Gasteiger partial charge in [-0.3, -0.25) is 4.55 Å². The van der Waals surface area contributed by atoms with E-state index in [1.165, 1.54) is 18.2 Å². The smallest absolute Gasteiger partial charge is 0.282 e. The normalized spacial score (nSPS) is 12.8. The first-order chi connectivity index (χ1) is 11.6. The zero-order valence-electron chi connectivity index (χ0n) is 13.6. The molecule has 1 heterocycles. The molecule has 0 unspecified atom stereocenters. The molecule has 0 aliphatic carbocycles. The summed E-state index contributed by atoms with van der Waals surface area (Å²) in [6.07, 6.45) is 0.966. The fourth-order valence-electron chi connectivity index (χ4n) is 2.83. The summed E-state index contributed by atoms with van der Waals surface area (Å²) in [6, 6.07) is 12.6. The summed E-state index contributed by atoms with van der Waals surface area (Å²) in [5.74, 6) is -0.0560. The van der Waals surface area contributed by atoms with Crippen molar-refractivity contribution in [3.63, 3.8) is 0 Å². The molecule has 8 heteroatoms. The van der Waals surface area contributed by atoms with Gasteiger partial charge in [0.2, 0.25) is 0 Å². The first kappa shape index (κ1) is 17.7. The molecule has 0 fully saturated rings. The van der Waals surface area contributed by atoms with E-state index in [0.717, 1.165) is 10.2 Å². The Labute approximate surface area is 146 Å². The lowest BCUT2D eigenvalue weighted by molar-refractivity contribution is 0.484. The molecule has 3 rings (SSSR count). The summed E-state index contributed by atoms with van der Waals surface area (Å²) in [5, 5.41) is 0.222. The monoisotopic (exact) mass is 379 g/mol. The number of benzene rings is 2. The summed E-state index contributed by atoms with van der Waals surface area (Å²) in [7, 11) is -8.60. The Hall–Kier alpha value is -2.16. The Morgan fingerprint density at radius 3 is 2.12 bits per heavy atom. The quantitative estimate of drug-likeness (QED) is 0.702. The van der Waals surface area contributed by atoms with E-state index in [2.05, 4.69) is 0 Å². The highest BCUT2D eigenvalue weighted by Crippen LogP contribution is 2.34. The van der Waals surface area contributed by atoms with Crippen molar-refractivity contribution in [2.75, 3.05) is 0 Å². The SMILES string of the molecule is CC(C)c1cccc2c1c(S(=O)(=O)O)cn2S(=O)(=O)c1ccccc1. The van der Waals surface area contributed by atoms with E-state index in [9.17, 15) is 21.4 Å². The molecule has 0 radical (unpaired) electrons. The molecule has 1 aromatic heterocycles. The van der Waals surface area contributed by atoms with Crippen LogP contribution in [-0.2, 0) is 20.1 Å². The lowest BCUT2D eigenvalue weighted by Gasteiger charge is -2.10. The second-order valence-electron chi connectivity index (χ2n) is 5.98. The van der Waals surface area contributed by atoms with Gasteiger partial charge < -0.3 is 0 Å². The Morgan fingerprint density at radius 2 is 1.56 bits per heavy atom. The van der Waals surface area contributed by atoms with Gasteiger partial charge in [-0.2, -0.15) is 8.42 Å². The number of aromatic nitrogens is 1. The molecule has 132 valence electrons. The van der Waals surface area contributed by atoms with Crippen molar-refractivity contribution in [2.24, 2.45) is 0 Å². The molecule has 6 nitrogen and oxygen atoms in total. The lowest BCUT2D eigenvalue weighted by Crippen LogP contribution is -2.11. The van der Waals surface area contributed by atoms with Crippen molar-refractivity contribution in [3.8, 4) is 0 Å². The fourth-order valence-corrected chi connectivity index (χ4v) is 5.00. The predicted molar refractivity (Wildman–Crippen MR) is 94.9 cm³/mol. The van der Waals surface area contributed by atoms with Gasteiger partial charge in [0.05, 0.1) is 10.4 Å². The van der Waals surface area contributed by atoms with Crippen LogP contribution in [0.3, 0.4) is 0 Å². The van der Waals surface area contributed by atoms with Crippen molar-refractivity contribution in [1.29, 1.82) is 0 Å². The summed E-state index contributed by atoms with van der Waals surface area (Å²) >= 11 is 0. The number of rotatable bonds is 4. The van der Waals surface area contributed by atoms with E-state index < -0.39 is 25.0 Å². The van der Waals surface area contributed by atoms with Gasteiger partial charge >= 0.3 is 0 Å². The van der Waals surface area contributed by atoms with Gasteiger partial charge in [0.25, 0.3) is 20.1 Å². The molecule has 0 bridgehead atoms. The van der Waals surface area contributed by atoms with Crippen LogP contribution < -0.4 is 0 Å². The average Bonchev–Trinajstić information content (AvgIpc) is 2.96. The van der Waals surface area contributed by atoms with Crippen LogP contribution in [0.1, 0.15) is 25.3 Å². The van der Waals surface area contributed by atoms with Crippen LogP contribution in [-0.4, -0.2) is 25.4 Å². The van der Waals surface area contributed by atoms with Crippen LogP contribution in [0.5, 0.6) is 0 Å². The van der Waals surface area contributed by atoms with Crippen molar-refractivity contribution in [1.82, 2.24) is 3.97 Å². The molecule has 0 atom stereocenters. The maximum Gasteiger partial charge on any atom is 0.296 e. The van der Waals surface area contributed by atoms with Gasteiger partial charge in [-0.1, -0.05) is 44.2 Å². The molecule has 0 aliphatic rings. The third kappa shape index (κ3) is 2.97. The van der Waals surface area contributed by atoms with E-state index in [0.29, 0.717) is 5.56 Å². The first-order valence-electron chi connectivity index (χ1n) is 7.56. The van der Waals surface area contributed by atoms with Crippen LogP contribution in [0.25, 0.3) is 10.9 Å². The molecule has 0 aliphatic heterocycles. The van der Waals surface area contributed by atoms with Crippen molar-refractivity contribution < 1.29 is 21.4 Å². The molecule has 25 heavy (non-hydrogen) atoms. The minimum Gasteiger partial charge on any atom is -0.282 e. The Kier molecular flexibility index (Phi) is 4.22. The molecule has 2 aromatic carbocycles.